The summed E-state index contributed by atoms with van der Waals surface area (Å²) >= 11 is 0. The predicted octanol–water partition coefficient (Wildman–Crippen LogP) is 2.54. The number of nitrogens with zero attached hydrogens (tertiary/aromatic N) is 1. The van der Waals surface area contributed by atoms with Crippen LogP contribution in [0.15, 0.2) is 47.5 Å². The molecule has 6 heteroatoms. The molecule has 0 aromatic heterocycles. The van der Waals surface area contributed by atoms with Crippen molar-refractivity contribution in [1.29, 1.82) is 0 Å². The highest BCUT2D eigenvalue weighted by atomic mass is 19.1. The lowest BCUT2D eigenvalue weighted by atomic mass is 10.1. The first-order chi connectivity index (χ1) is 12.5. The van der Waals surface area contributed by atoms with Crippen LogP contribution in [-0.2, 0) is 6.54 Å². The second-order valence-electron chi connectivity index (χ2n) is 6.06. The molecule has 2 rings (SSSR count). The number of nitrogens with one attached hydrogen (secondary N) is 3. The molecule has 0 radical (unpaired) electrons. The molecule has 0 aliphatic carbocycles. The minimum absolute atomic E-state index is 0.298. The maximum Gasteiger partial charge on any atom is 0.251 e. The van der Waals surface area contributed by atoms with Gasteiger partial charge in [-0.1, -0.05) is 35.9 Å². The molecule has 0 saturated heterocycles. The molecular formula is C20H25FN4O. The summed E-state index contributed by atoms with van der Waals surface area (Å²) in [5.74, 6) is -0.0222. The summed E-state index contributed by atoms with van der Waals surface area (Å²) in [6.07, 6.45) is 0. The number of aryl methyl sites for hydroxylation is 2. The molecule has 26 heavy (non-hydrogen) atoms. The Hall–Kier alpha value is -2.89. The van der Waals surface area contributed by atoms with Gasteiger partial charge >= 0.3 is 0 Å². The van der Waals surface area contributed by atoms with Crippen molar-refractivity contribution >= 4 is 11.9 Å². The largest absolute Gasteiger partial charge is 0.355 e. The fraction of sp³-hybridized carbons (Fsp3) is 0.300. The van der Waals surface area contributed by atoms with Crippen molar-refractivity contribution in [3.63, 3.8) is 0 Å². The highest BCUT2D eigenvalue weighted by Crippen LogP contribution is 2.08. The Bertz CT molecular complexity index is 772. The topological polar surface area (TPSA) is 65.5 Å². The van der Waals surface area contributed by atoms with Crippen molar-refractivity contribution in [3.8, 4) is 0 Å². The van der Waals surface area contributed by atoms with E-state index in [0.717, 1.165) is 5.56 Å². The fourth-order valence-electron chi connectivity index (χ4n) is 2.31. The number of guanidine groups is 1. The van der Waals surface area contributed by atoms with E-state index in [2.05, 4.69) is 52.1 Å². The third kappa shape index (κ3) is 5.88. The smallest absolute Gasteiger partial charge is 0.251 e. The highest BCUT2D eigenvalue weighted by Gasteiger charge is 2.07. The van der Waals surface area contributed by atoms with Gasteiger partial charge in [-0.2, -0.15) is 0 Å². The van der Waals surface area contributed by atoms with Crippen LogP contribution in [0.2, 0.25) is 0 Å². The molecule has 5 nitrogen and oxygen atoms in total. The van der Waals surface area contributed by atoms with Gasteiger partial charge in [0, 0.05) is 32.2 Å². The van der Waals surface area contributed by atoms with Crippen LogP contribution in [-0.4, -0.2) is 32.0 Å². The zero-order valence-corrected chi connectivity index (χ0v) is 15.4. The van der Waals surface area contributed by atoms with Gasteiger partial charge in [0.05, 0.1) is 0 Å². The van der Waals surface area contributed by atoms with E-state index >= 15 is 0 Å². The Kier molecular flexibility index (Phi) is 7.14. The van der Waals surface area contributed by atoms with Crippen LogP contribution in [0.4, 0.5) is 4.39 Å². The van der Waals surface area contributed by atoms with Gasteiger partial charge in [-0.05, 0) is 37.1 Å². The van der Waals surface area contributed by atoms with Crippen LogP contribution in [0.25, 0.3) is 0 Å². The van der Waals surface area contributed by atoms with E-state index in [1.54, 1.807) is 26.1 Å². The van der Waals surface area contributed by atoms with Crippen LogP contribution in [0.3, 0.4) is 0 Å². The molecule has 2 aromatic carbocycles. The number of halogens is 1. The minimum atomic E-state index is -0.378. The number of hydrogen-bond donors (Lipinski definition) is 3. The van der Waals surface area contributed by atoms with Gasteiger partial charge in [-0.15, -0.1) is 0 Å². The molecule has 0 aliphatic rings. The number of carbonyl (C=O) groups excluding carboxylic acids is 1. The Morgan fingerprint density at radius 3 is 2.35 bits per heavy atom. The highest BCUT2D eigenvalue weighted by molar-refractivity contribution is 5.94. The summed E-state index contributed by atoms with van der Waals surface area (Å²) < 4.78 is 13.5. The summed E-state index contributed by atoms with van der Waals surface area (Å²) in [7, 11) is 1.69. The summed E-state index contributed by atoms with van der Waals surface area (Å²) in [6, 6.07) is 12.7. The van der Waals surface area contributed by atoms with E-state index in [0.29, 0.717) is 36.7 Å². The molecule has 3 N–H and O–H groups in total. The molecule has 0 fully saturated rings. The van der Waals surface area contributed by atoms with Gasteiger partial charge in [0.25, 0.3) is 5.91 Å². The number of carbonyl (C=O) groups is 1. The Labute approximate surface area is 153 Å². The minimum Gasteiger partial charge on any atom is -0.355 e. The molecule has 1 amide bonds. The lowest BCUT2D eigenvalue weighted by molar-refractivity contribution is 0.0954. The van der Waals surface area contributed by atoms with Gasteiger partial charge in [-0.3, -0.25) is 9.79 Å². The van der Waals surface area contributed by atoms with Gasteiger partial charge in [-0.25, -0.2) is 4.39 Å². The van der Waals surface area contributed by atoms with Crippen molar-refractivity contribution < 1.29 is 9.18 Å². The Morgan fingerprint density at radius 1 is 1.00 bits per heavy atom. The summed E-state index contributed by atoms with van der Waals surface area (Å²) in [5, 5.41) is 9.10. The van der Waals surface area contributed by atoms with E-state index in [9.17, 15) is 9.18 Å². The summed E-state index contributed by atoms with van der Waals surface area (Å²) in [4.78, 5) is 16.2. The average molecular weight is 356 g/mol. The molecular weight excluding hydrogens is 331 g/mol. The number of benzene rings is 2. The van der Waals surface area contributed by atoms with E-state index in [1.165, 1.54) is 11.6 Å². The van der Waals surface area contributed by atoms with Gasteiger partial charge in [0.2, 0.25) is 0 Å². The van der Waals surface area contributed by atoms with Gasteiger partial charge in [0.15, 0.2) is 5.96 Å². The Balaban J connectivity index is 1.72. The number of hydrogen-bond acceptors (Lipinski definition) is 2. The second kappa shape index (κ2) is 9.56. The van der Waals surface area contributed by atoms with E-state index in [-0.39, 0.29) is 11.7 Å². The van der Waals surface area contributed by atoms with E-state index < -0.39 is 0 Å². The molecule has 0 aliphatic heterocycles. The van der Waals surface area contributed by atoms with E-state index in [4.69, 9.17) is 0 Å². The second-order valence-corrected chi connectivity index (χ2v) is 6.06. The van der Waals surface area contributed by atoms with Crippen LogP contribution in [0.5, 0.6) is 0 Å². The van der Waals surface area contributed by atoms with Crippen LogP contribution in [0, 0.1) is 19.7 Å². The maximum atomic E-state index is 13.5. The van der Waals surface area contributed by atoms with Crippen molar-refractivity contribution in [2.24, 2.45) is 4.99 Å². The molecule has 0 heterocycles. The lowest BCUT2D eigenvalue weighted by Crippen LogP contribution is -2.41. The lowest BCUT2D eigenvalue weighted by Gasteiger charge is -2.12. The third-order valence-electron chi connectivity index (χ3n) is 3.94. The first kappa shape index (κ1) is 19.4. The van der Waals surface area contributed by atoms with Crippen LogP contribution < -0.4 is 16.0 Å². The first-order valence-corrected chi connectivity index (χ1v) is 8.54. The van der Waals surface area contributed by atoms with Crippen LogP contribution in [0.1, 0.15) is 27.0 Å². The quantitative estimate of drug-likeness (QED) is 0.423. The monoisotopic (exact) mass is 356 g/mol. The molecule has 0 bridgehead atoms. The SMILES string of the molecule is CN=C(NCCNC(=O)c1ccc(C)c(F)c1)NCc1ccc(C)cc1. The fourth-order valence-corrected chi connectivity index (χ4v) is 2.31. The van der Waals surface area contributed by atoms with Crippen molar-refractivity contribution in [2.75, 3.05) is 20.1 Å². The summed E-state index contributed by atoms with van der Waals surface area (Å²) in [5.41, 5.74) is 3.22. The standard InChI is InChI=1S/C20H25FN4O/c1-14-4-7-16(8-5-14)13-25-20(22-3)24-11-10-23-19(26)17-9-6-15(2)18(21)12-17/h4-9,12H,10-11,13H2,1-3H3,(H,23,26)(H2,22,24,25). The molecule has 0 saturated carbocycles. The molecule has 0 unspecified atom stereocenters. The van der Waals surface area contributed by atoms with Crippen LogP contribution >= 0.6 is 0 Å². The number of amides is 1. The Morgan fingerprint density at radius 2 is 1.69 bits per heavy atom. The van der Waals surface area contributed by atoms with Crippen molar-refractivity contribution in [1.82, 2.24) is 16.0 Å². The zero-order chi connectivity index (χ0) is 18.9. The number of aliphatic imine (C=N–C) groups is 1. The summed E-state index contributed by atoms with van der Waals surface area (Å²) in [6.45, 7) is 5.29. The molecule has 0 spiro atoms. The molecule has 138 valence electrons. The zero-order valence-electron chi connectivity index (χ0n) is 15.4. The normalized spacial score (nSPS) is 11.2. The van der Waals surface area contributed by atoms with Gasteiger partial charge < -0.3 is 16.0 Å². The predicted molar refractivity (Wildman–Crippen MR) is 103 cm³/mol. The molecule has 0 atom stereocenters. The first-order valence-electron chi connectivity index (χ1n) is 8.54. The third-order valence-corrected chi connectivity index (χ3v) is 3.94. The maximum absolute atomic E-state index is 13.5. The van der Waals surface area contributed by atoms with Crippen molar-refractivity contribution in [3.05, 3.63) is 70.5 Å². The van der Waals surface area contributed by atoms with E-state index in [1.807, 2.05) is 0 Å². The van der Waals surface area contributed by atoms with Gasteiger partial charge in [0.1, 0.15) is 5.82 Å². The van der Waals surface area contributed by atoms with Crippen molar-refractivity contribution in [2.45, 2.75) is 20.4 Å². The molecule has 2 aromatic rings. The number of rotatable bonds is 6. The average Bonchev–Trinajstić information content (AvgIpc) is 2.64.